The van der Waals surface area contributed by atoms with E-state index in [0.29, 0.717) is 19.4 Å². The van der Waals surface area contributed by atoms with Gasteiger partial charge in [-0.1, -0.05) is 30.3 Å². The third-order valence-corrected chi connectivity index (χ3v) is 4.35. The third kappa shape index (κ3) is 5.04. The summed E-state index contributed by atoms with van der Waals surface area (Å²) in [5, 5.41) is 2.86. The van der Waals surface area contributed by atoms with Crippen molar-refractivity contribution in [1.29, 1.82) is 0 Å². The van der Waals surface area contributed by atoms with Crippen LogP contribution < -0.4 is 5.32 Å². The zero-order valence-electron chi connectivity index (χ0n) is 12.5. The summed E-state index contributed by atoms with van der Waals surface area (Å²) in [6.45, 7) is 0.576. The van der Waals surface area contributed by atoms with Crippen molar-refractivity contribution < 1.29 is 18.0 Å². The summed E-state index contributed by atoms with van der Waals surface area (Å²) in [5.41, 5.74) is 1.22. The molecule has 22 heavy (non-hydrogen) atoms. The highest BCUT2D eigenvalue weighted by molar-refractivity contribution is 5.78. The quantitative estimate of drug-likeness (QED) is 0.815. The fourth-order valence-corrected chi connectivity index (χ4v) is 2.98. The largest absolute Gasteiger partial charge is 0.391 e. The first-order valence-corrected chi connectivity index (χ1v) is 7.85. The van der Waals surface area contributed by atoms with Crippen LogP contribution in [0.2, 0.25) is 0 Å². The van der Waals surface area contributed by atoms with E-state index >= 15 is 0 Å². The maximum absolute atomic E-state index is 12.6. The van der Waals surface area contributed by atoms with Gasteiger partial charge >= 0.3 is 6.18 Å². The first-order valence-electron chi connectivity index (χ1n) is 7.85. The van der Waals surface area contributed by atoms with Crippen LogP contribution in [0.3, 0.4) is 0 Å². The van der Waals surface area contributed by atoms with Gasteiger partial charge in [-0.15, -0.1) is 0 Å². The Morgan fingerprint density at radius 2 is 1.73 bits per heavy atom. The molecule has 0 aromatic heterocycles. The average molecular weight is 313 g/mol. The van der Waals surface area contributed by atoms with E-state index in [1.54, 1.807) is 0 Å². The maximum atomic E-state index is 12.6. The topological polar surface area (TPSA) is 29.1 Å². The standard InChI is InChI=1S/C17H22F3NO/c18-17(19,20)15-10-8-14(9-11-15)16(22)21-12-4-7-13-5-2-1-3-6-13/h1-3,5-6,14-15H,4,7-12H2,(H,21,22). The van der Waals surface area contributed by atoms with Crippen LogP contribution >= 0.6 is 0 Å². The second-order valence-corrected chi connectivity index (χ2v) is 5.97. The lowest BCUT2D eigenvalue weighted by molar-refractivity contribution is -0.184. The second-order valence-electron chi connectivity index (χ2n) is 5.97. The number of benzene rings is 1. The normalized spacial score (nSPS) is 22.3. The number of aryl methyl sites for hydroxylation is 1. The van der Waals surface area contributed by atoms with Crippen molar-refractivity contribution in [2.45, 2.75) is 44.7 Å². The van der Waals surface area contributed by atoms with E-state index in [9.17, 15) is 18.0 Å². The Morgan fingerprint density at radius 3 is 2.32 bits per heavy atom. The molecule has 1 amide bonds. The first-order chi connectivity index (χ1) is 10.5. The van der Waals surface area contributed by atoms with Gasteiger partial charge in [0.25, 0.3) is 0 Å². The number of carbonyl (C=O) groups excluding carboxylic acids is 1. The van der Waals surface area contributed by atoms with Crippen molar-refractivity contribution in [3.8, 4) is 0 Å². The van der Waals surface area contributed by atoms with Gasteiger partial charge in [0.15, 0.2) is 0 Å². The molecular weight excluding hydrogens is 291 g/mol. The van der Waals surface area contributed by atoms with Crippen molar-refractivity contribution in [3.63, 3.8) is 0 Å². The predicted molar refractivity (Wildman–Crippen MR) is 79.3 cm³/mol. The Balaban J connectivity index is 1.64. The minimum atomic E-state index is -4.11. The molecule has 1 fully saturated rings. The monoisotopic (exact) mass is 313 g/mol. The van der Waals surface area contributed by atoms with E-state index in [1.807, 2.05) is 30.3 Å². The molecule has 2 nitrogen and oxygen atoms in total. The zero-order valence-corrected chi connectivity index (χ0v) is 12.5. The van der Waals surface area contributed by atoms with Gasteiger partial charge in [0.1, 0.15) is 0 Å². The van der Waals surface area contributed by atoms with Crippen molar-refractivity contribution >= 4 is 5.91 Å². The van der Waals surface area contributed by atoms with Crippen LogP contribution in [0.1, 0.15) is 37.7 Å². The Hall–Kier alpha value is -1.52. The van der Waals surface area contributed by atoms with Gasteiger partial charge in [-0.3, -0.25) is 4.79 Å². The van der Waals surface area contributed by atoms with E-state index in [-0.39, 0.29) is 24.7 Å². The van der Waals surface area contributed by atoms with Gasteiger partial charge in [0.05, 0.1) is 5.92 Å². The molecule has 0 unspecified atom stereocenters. The summed E-state index contributed by atoms with van der Waals surface area (Å²) in [6.07, 6.45) is -1.55. The van der Waals surface area contributed by atoms with Gasteiger partial charge < -0.3 is 5.32 Å². The van der Waals surface area contributed by atoms with Crippen LogP contribution in [0.25, 0.3) is 0 Å². The number of alkyl halides is 3. The molecule has 0 heterocycles. The fourth-order valence-electron chi connectivity index (χ4n) is 2.98. The summed E-state index contributed by atoms with van der Waals surface area (Å²) < 4.78 is 37.7. The summed E-state index contributed by atoms with van der Waals surface area (Å²) in [7, 11) is 0. The number of hydrogen-bond acceptors (Lipinski definition) is 1. The average Bonchev–Trinajstić information content (AvgIpc) is 2.52. The van der Waals surface area contributed by atoms with Gasteiger partial charge in [-0.25, -0.2) is 0 Å². The number of nitrogens with one attached hydrogen (secondary N) is 1. The molecule has 0 spiro atoms. The van der Waals surface area contributed by atoms with Gasteiger partial charge in [-0.05, 0) is 44.1 Å². The molecule has 1 saturated carbocycles. The molecule has 2 rings (SSSR count). The predicted octanol–water partition coefficient (Wildman–Crippen LogP) is 4.10. The summed E-state index contributed by atoms with van der Waals surface area (Å²) in [5.74, 6) is -1.57. The van der Waals surface area contributed by atoms with Crippen molar-refractivity contribution in [1.82, 2.24) is 5.32 Å². The molecule has 0 radical (unpaired) electrons. The van der Waals surface area contributed by atoms with Crippen molar-refractivity contribution in [2.75, 3.05) is 6.54 Å². The minimum absolute atomic E-state index is 0.0750. The van der Waals surface area contributed by atoms with E-state index < -0.39 is 12.1 Å². The van der Waals surface area contributed by atoms with Crippen molar-refractivity contribution in [2.24, 2.45) is 11.8 Å². The van der Waals surface area contributed by atoms with E-state index in [4.69, 9.17) is 0 Å². The molecule has 0 bridgehead atoms. The Labute approximate surface area is 129 Å². The summed E-state index contributed by atoms with van der Waals surface area (Å²) >= 11 is 0. The minimum Gasteiger partial charge on any atom is -0.356 e. The molecule has 0 atom stereocenters. The molecule has 0 saturated heterocycles. The smallest absolute Gasteiger partial charge is 0.356 e. The molecule has 5 heteroatoms. The van der Waals surface area contributed by atoms with Crippen LogP contribution in [0, 0.1) is 11.8 Å². The van der Waals surface area contributed by atoms with Crippen LogP contribution in [-0.4, -0.2) is 18.6 Å². The van der Waals surface area contributed by atoms with E-state index in [2.05, 4.69) is 5.32 Å². The summed E-state index contributed by atoms with van der Waals surface area (Å²) in [6, 6.07) is 10.0. The highest BCUT2D eigenvalue weighted by atomic mass is 19.4. The van der Waals surface area contributed by atoms with Gasteiger partial charge in [-0.2, -0.15) is 13.2 Å². The number of hydrogen-bond donors (Lipinski definition) is 1. The van der Waals surface area contributed by atoms with Gasteiger partial charge in [0.2, 0.25) is 5.91 Å². The molecule has 1 aliphatic rings. The first kappa shape index (κ1) is 16.8. The van der Waals surface area contributed by atoms with Crippen LogP contribution in [-0.2, 0) is 11.2 Å². The SMILES string of the molecule is O=C(NCCCc1ccccc1)C1CCC(C(F)(F)F)CC1. The van der Waals surface area contributed by atoms with Crippen molar-refractivity contribution in [3.05, 3.63) is 35.9 Å². The number of rotatable bonds is 5. The Kier molecular flexibility index (Phi) is 5.86. The van der Waals surface area contributed by atoms with Gasteiger partial charge in [0, 0.05) is 12.5 Å². The van der Waals surface area contributed by atoms with Crippen LogP contribution in [0.15, 0.2) is 30.3 Å². The zero-order chi connectivity index (χ0) is 16.0. The Bertz CT molecular complexity index is 465. The molecule has 1 N–H and O–H groups in total. The maximum Gasteiger partial charge on any atom is 0.391 e. The van der Waals surface area contributed by atoms with E-state index in [0.717, 1.165) is 12.8 Å². The lowest BCUT2D eigenvalue weighted by atomic mass is 9.81. The molecule has 1 aromatic rings. The molecular formula is C17H22F3NO. The molecule has 1 aromatic carbocycles. The second kappa shape index (κ2) is 7.65. The molecule has 0 aliphatic heterocycles. The third-order valence-electron chi connectivity index (χ3n) is 4.35. The highest BCUT2D eigenvalue weighted by Gasteiger charge is 2.42. The van der Waals surface area contributed by atoms with E-state index in [1.165, 1.54) is 5.56 Å². The Morgan fingerprint density at radius 1 is 1.09 bits per heavy atom. The van der Waals surface area contributed by atoms with Crippen LogP contribution in [0.5, 0.6) is 0 Å². The van der Waals surface area contributed by atoms with Crippen LogP contribution in [0.4, 0.5) is 13.2 Å². The number of amides is 1. The lowest BCUT2D eigenvalue weighted by Gasteiger charge is -2.29. The lowest BCUT2D eigenvalue weighted by Crippen LogP contribution is -2.36. The molecule has 1 aliphatic carbocycles. The molecule has 122 valence electrons. The summed E-state index contributed by atoms with van der Waals surface area (Å²) in [4.78, 5) is 12.0. The number of halogens is 3. The highest BCUT2D eigenvalue weighted by Crippen LogP contribution is 2.39. The number of carbonyl (C=O) groups is 1. The fraction of sp³-hybridized carbons (Fsp3) is 0.588.